The largest absolute Gasteiger partial charge is 0.465 e. The topological polar surface area (TPSA) is 111 Å². The maximum absolute atomic E-state index is 11.9. The summed E-state index contributed by atoms with van der Waals surface area (Å²) in [4.78, 5) is 20.6. The molecule has 3 aromatic carbocycles. The molecule has 0 saturated heterocycles. The predicted octanol–water partition coefficient (Wildman–Crippen LogP) is 4.58. The summed E-state index contributed by atoms with van der Waals surface area (Å²) in [7, 11) is 3.11. The van der Waals surface area contributed by atoms with Gasteiger partial charge in [-0.05, 0) is 30.3 Å². The second-order valence-corrected chi connectivity index (χ2v) is 6.68. The highest BCUT2D eigenvalue weighted by Crippen LogP contribution is 2.32. The zero-order chi connectivity index (χ0) is 21.8. The molecule has 1 heterocycles. The maximum atomic E-state index is 11.9. The molecule has 0 saturated carbocycles. The van der Waals surface area contributed by atoms with E-state index in [1.54, 1.807) is 37.5 Å². The number of rotatable bonds is 6. The zero-order valence-corrected chi connectivity index (χ0v) is 17.0. The van der Waals surface area contributed by atoms with Gasteiger partial charge in [-0.2, -0.15) is 4.98 Å². The van der Waals surface area contributed by atoms with Crippen LogP contribution >= 0.6 is 0 Å². The Balaban J connectivity index is 1.62. The number of aromatic nitrogens is 2. The first kappa shape index (κ1) is 20.0. The minimum atomic E-state index is -0.437. The molecule has 31 heavy (non-hydrogen) atoms. The van der Waals surface area contributed by atoms with Crippen LogP contribution in [0.1, 0.15) is 10.4 Å². The Labute approximate surface area is 179 Å². The van der Waals surface area contributed by atoms with Gasteiger partial charge in [-0.15, -0.1) is 0 Å². The van der Waals surface area contributed by atoms with E-state index < -0.39 is 5.97 Å². The van der Waals surface area contributed by atoms with Crippen molar-refractivity contribution >= 4 is 39.8 Å². The molecule has 0 unspecified atom stereocenters. The van der Waals surface area contributed by atoms with Crippen LogP contribution < -0.4 is 21.1 Å². The number of fused-ring (bicyclic) bond motifs is 1. The highest BCUT2D eigenvalue weighted by molar-refractivity contribution is 5.97. The summed E-state index contributed by atoms with van der Waals surface area (Å²) in [6.45, 7) is 0. The van der Waals surface area contributed by atoms with Crippen LogP contribution in [0.15, 0.2) is 66.9 Å². The summed E-state index contributed by atoms with van der Waals surface area (Å²) in [6.07, 6.45) is 1.59. The number of nitrogen functional groups attached to an aromatic ring is 1. The van der Waals surface area contributed by atoms with E-state index in [4.69, 9.17) is 15.2 Å². The van der Waals surface area contributed by atoms with E-state index in [-0.39, 0.29) is 0 Å². The van der Waals surface area contributed by atoms with Crippen molar-refractivity contribution in [2.45, 2.75) is 0 Å². The molecule has 0 radical (unpaired) electrons. The highest BCUT2D eigenvalue weighted by atomic mass is 16.5. The van der Waals surface area contributed by atoms with Crippen molar-refractivity contribution in [2.75, 3.05) is 30.5 Å². The third-order valence-corrected chi connectivity index (χ3v) is 4.66. The molecule has 0 amide bonds. The summed E-state index contributed by atoms with van der Waals surface area (Å²) in [5.41, 5.74) is 8.52. The Bertz CT molecular complexity index is 1260. The van der Waals surface area contributed by atoms with Crippen LogP contribution in [-0.2, 0) is 4.74 Å². The van der Waals surface area contributed by atoms with Gasteiger partial charge in [0.15, 0.2) is 0 Å². The van der Waals surface area contributed by atoms with Gasteiger partial charge in [0, 0.05) is 47.1 Å². The fraction of sp³-hybridized carbons (Fsp3) is 0.0870. The van der Waals surface area contributed by atoms with Crippen LogP contribution in [-0.4, -0.2) is 30.1 Å². The molecular weight excluding hydrogens is 394 g/mol. The number of anilines is 4. The van der Waals surface area contributed by atoms with Gasteiger partial charge in [-0.3, -0.25) is 0 Å². The minimum Gasteiger partial charge on any atom is -0.465 e. The van der Waals surface area contributed by atoms with Gasteiger partial charge in [0.25, 0.3) is 0 Å². The third-order valence-electron chi connectivity index (χ3n) is 4.66. The number of nitrogens with one attached hydrogen (secondary N) is 2. The number of nitrogens with zero attached hydrogens (tertiary/aromatic N) is 2. The molecule has 0 spiro atoms. The van der Waals surface area contributed by atoms with E-state index in [2.05, 4.69) is 20.6 Å². The lowest BCUT2D eigenvalue weighted by molar-refractivity contribution is 0.0601. The molecule has 4 rings (SSSR count). The Morgan fingerprint density at radius 2 is 1.77 bits per heavy atom. The molecule has 8 heteroatoms. The smallest absolute Gasteiger partial charge is 0.337 e. The average Bonchev–Trinajstić information content (AvgIpc) is 2.80. The first-order valence-electron chi connectivity index (χ1n) is 9.53. The van der Waals surface area contributed by atoms with Crippen molar-refractivity contribution in [1.82, 2.24) is 9.97 Å². The summed E-state index contributed by atoms with van der Waals surface area (Å²) in [5.74, 6) is 0.889. The number of hydrogen-bond donors (Lipinski definition) is 3. The zero-order valence-electron chi connectivity index (χ0n) is 17.0. The van der Waals surface area contributed by atoms with E-state index in [1.807, 2.05) is 36.4 Å². The van der Waals surface area contributed by atoms with Crippen LogP contribution in [0, 0.1) is 0 Å². The van der Waals surface area contributed by atoms with Gasteiger partial charge >= 0.3 is 5.97 Å². The normalized spacial score (nSPS) is 10.5. The molecule has 0 fully saturated rings. The van der Waals surface area contributed by atoms with E-state index in [0.717, 1.165) is 16.5 Å². The fourth-order valence-corrected chi connectivity index (χ4v) is 3.16. The Kier molecular flexibility index (Phi) is 5.53. The second-order valence-electron chi connectivity index (χ2n) is 6.68. The first-order chi connectivity index (χ1) is 15.1. The first-order valence-corrected chi connectivity index (χ1v) is 9.53. The third kappa shape index (κ3) is 4.32. The molecular formula is C23H21N5O3. The van der Waals surface area contributed by atoms with E-state index in [1.165, 1.54) is 7.11 Å². The minimum absolute atomic E-state index is 0.321. The summed E-state index contributed by atoms with van der Waals surface area (Å²) < 4.78 is 10.8. The van der Waals surface area contributed by atoms with Crippen molar-refractivity contribution in [3.05, 3.63) is 72.4 Å². The number of benzene rings is 3. The number of carbonyl (C=O) groups excluding carboxylic acids is 1. The molecule has 0 atom stereocenters. The van der Waals surface area contributed by atoms with Gasteiger partial charge < -0.3 is 25.8 Å². The van der Waals surface area contributed by atoms with E-state index in [9.17, 15) is 4.79 Å². The number of carbonyl (C=O) groups is 1. The molecule has 0 bridgehead atoms. The van der Waals surface area contributed by atoms with Crippen LogP contribution in [0.4, 0.5) is 23.0 Å². The van der Waals surface area contributed by atoms with Gasteiger partial charge in [0.05, 0.1) is 12.7 Å². The van der Waals surface area contributed by atoms with Crippen molar-refractivity contribution in [3.63, 3.8) is 0 Å². The van der Waals surface area contributed by atoms with E-state index in [0.29, 0.717) is 34.5 Å². The second kappa shape index (κ2) is 8.58. The molecule has 0 aliphatic rings. The summed E-state index contributed by atoms with van der Waals surface area (Å²) in [6, 6.07) is 18.2. The number of hydrogen-bond acceptors (Lipinski definition) is 8. The number of nitrogens with two attached hydrogens (primary N) is 1. The van der Waals surface area contributed by atoms with Gasteiger partial charge in [0.1, 0.15) is 5.75 Å². The molecule has 156 valence electrons. The quantitative estimate of drug-likeness (QED) is 0.310. The van der Waals surface area contributed by atoms with Crippen LogP contribution in [0.5, 0.6) is 11.6 Å². The monoisotopic (exact) mass is 415 g/mol. The summed E-state index contributed by atoms with van der Waals surface area (Å²) in [5, 5.41) is 7.91. The molecule has 8 nitrogen and oxygen atoms in total. The Morgan fingerprint density at radius 1 is 1.00 bits per heavy atom. The van der Waals surface area contributed by atoms with Crippen molar-refractivity contribution in [2.24, 2.45) is 0 Å². The molecule has 0 aliphatic heterocycles. The Morgan fingerprint density at radius 3 is 2.55 bits per heavy atom. The van der Waals surface area contributed by atoms with Crippen molar-refractivity contribution in [1.29, 1.82) is 0 Å². The molecule has 1 aromatic heterocycles. The van der Waals surface area contributed by atoms with Crippen LogP contribution in [0.3, 0.4) is 0 Å². The van der Waals surface area contributed by atoms with Gasteiger partial charge in [0.2, 0.25) is 11.8 Å². The lowest BCUT2D eigenvalue weighted by atomic mass is 10.1. The van der Waals surface area contributed by atoms with Crippen LogP contribution in [0.25, 0.3) is 10.8 Å². The lowest BCUT2D eigenvalue weighted by Gasteiger charge is -2.12. The number of methoxy groups -OCH3 is 1. The lowest BCUT2D eigenvalue weighted by Crippen LogP contribution is -2.05. The van der Waals surface area contributed by atoms with Gasteiger partial charge in [-0.1, -0.05) is 24.3 Å². The molecule has 4 aromatic rings. The summed E-state index contributed by atoms with van der Waals surface area (Å²) >= 11 is 0. The highest BCUT2D eigenvalue weighted by Gasteiger charge is 2.11. The van der Waals surface area contributed by atoms with Crippen molar-refractivity contribution < 1.29 is 14.3 Å². The standard InChI is InChI=1S/C23H21N5O3/c1-25-15-11-14(22(29)30-2)12-16(13-15)27-23-26-10-9-21(28-23)31-20-8-7-19(24)17-5-3-4-6-18(17)20/h3-13,25H,24H2,1-2H3,(H,26,27,28). The van der Waals surface area contributed by atoms with Gasteiger partial charge in [-0.25, -0.2) is 9.78 Å². The fourth-order valence-electron chi connectivity index (χ4n) is 3.16. The van der Waals surface area contributed by atoms with E-state index >= 15 is 0 Å². The average molecular weight is 415 g/mol. The predicted molar refractivity (Wildman–Crippen MR) is 121 cm³/mol. The van der Waals surface area contributed by atoms with Crippen molar-refractivity contribution in [3.8, 4) is 11.6 Å². The molecule has 4 N–H and O–H groups in total. The SMILES string of the molecule is CNc1cc(Nc2nccc(Oc3ccc(N)c4ccccc34)n2)cc(C(=O)OC)c1. The van der Waals surface area contributed by atoms with Crippen LogP contribution in [0.2, 0.25) is 0 Å². The maximum Gasteiger partial charge on any atom is 0.337 e. The molecule has 0 aliphatic carbocycles. The number of esters is 1. The Hall–Kier alpha value is -4.33. The number of ether oxygens (including phenoxy) is 2.